The number of benzene rings is 1. The molecule has 4 aromatic heterocycles. The van der Waals surface area contributed by atoms with E-state index < -0.39 is 0 Å². The molecule has 0 radical (unpaired) electrons. The van der Waals surface area contributed by atoms with Gasteiger partial charge in [-0.15, -0.1) is 0 Å². The largest absolute Gasteiger partial charge is 0.454 e. The van der Waals surface area contributed by atoms with Crippen molar-refractivity contribution in [1.29, 1.82) is 0 Å². The van der Waals surface area contributed by atoms with E-state index in [1.54, 1.807) is 35.5 Å². The highest BCUT2D eigenvalue weighted by atomic mass is 19.1. The van der Waals surface area contributed by atoms with Crippen LogP contribution in [-0.2, 0) is 7.05 Å². The Kier molecular flexibility index (Phi) is 5.21. The van der Waals surface area contributed by atoms with Crippen molar-refractivity contribution in [3.63, 3.8) is 0 Å². The molecule has 0 aliphatic carbocycles. The topological polar surface area (TPSA) is 89.5 Å². The van der Waals surface area contributed by atoms with Crippen molar-refractivity contribution in [3.05, 3.63) is 73.5 Å². The lowest BCUT2D eigenvalue weighted by atomic mass is 10.2. The number of anilines is 2. The van der Waals surface area contributed by atoms with Gasteiger partial charge in [-0.3, -0.25) is 4.68 Å². The number of nitrogens with zero attached hydrogens (tertiary/aromatic N) is 9. The molecule has 1 aliphatic rings. The summed E-state index contributed by atoms with van der Waals surface area (Å²) in [4.78, 5) is 17.9. The van der Waals surface area contributed by atoms with E-state index in [-0.39, 0.29) is 5.82 Å². The minimum Gasteiger partial charge on any atom is -0.454 e. The molecular formula is C24H22FN9O. The molecule has 0 N–H and O–H groups in total. The Morgan fingerprint density at radius 2 is 1.54 bits per heavy atom. The van der Waals surface area contributed by atoms with Gasteiger partial charge in [-0.05, 0) is 30.3 Å². The summed E-state index contributed by atoms with van der Waals surface area (Å²) in [7, 11) is 1.90. The Balaban J connectivity index is 1.14. The summed E-state index contributed by atoms with van der Waals surface area (Å²) in [5.74, 6) is 2.27. The maximum absolute atomic E-state index is 13.1. The highest BCUT2D eigenvalue weighted by Crippen LogP contribution is 2.27. The second-order valence-corrected chi connectivity index (χ2v) is 8.29. The molecule has 0 amide bonds. The predicted octanol–water partition coefficient (Wildman–Crippen LogP) is 3.18. The zero-order valence-corrected chi connectivity index (χ0v) is 19.0. The van der Waals surface area contributed by atoms with Gasteiger partial charge < -0.3 is 14.5 Å². The Morgan fingerprint density at radius 3 is 2.26 bits per heavy atom. The summed E-state index contributed by atoms with van der Waals surface area (Å²) in [6, 6.07) is 7.93. The monoisotopic (exact) mass is 471 g/mol. The van der Waals surface area contributed by atoms with E-state index in [0.717, 1.165) is 48.6 Å². The summed E-state index contributed by atoms with van der Waals surface area (Å²) in [6.45, 7) is 3.06. The average molecular weight is 472 g/mol. The van der Waals surface area contributed by atoms with Crippen LogP contribution in [0.2, 0.25) is 0 Å². The van der Waals surface area contributed by atoms with Crippen LogP contribution in [0.1, 0.15) is 0 Å². The van der Waals surface area contributed by atoms with Gasteiger partial charge in [0.1, 0.15) is 23.4 Å². The molecule has 0 saturated carbocycles. The lowest BCUT2D eigenvalue weighted by Gasteiger charge is -2.35. The van der Waals surface area contributed by atoms with Gasteiger partial charge >= 0.3 is 0 Å². The van der Waals surface area contributed by atoms with E-state index in [2.05, 4.69) is 41.0 Å². The molecule has 6 rings (SSSR count). The lowest BCUT2D eigenvalue weighted by Crippen LogP contribution is -2.47. The SMILES string of the molecule is Cn1cc(-c2cc3c(N4CCN(c5ncc(Oc6ccc(F)cc6)cn5)CC4)ncnn3c2)cn1. The maximum atomic E-state index is 13.1. The molecule has 1 fully saturated rings. The van der Waals surface area contributed by atoms with Crippen molar-refractivity contribution in [2.24, 2.45) is 7.05 Å². The van der Waals surface area contributed by atoms with Gasteiger partial charge in [0.25, 0.3) is 0 Å². The van der Waals surface area contributed by atoms with E-state index >= 15 is 0 Å². The van der Waals surface area contributed by atoms with E-state index in [4.69, 9.17) is 4.74 Å². The second kappa shape index (κ2) is 8.67. The number of aromatic nitrogens is 7. The van der Waals surface area contributed by atoms with Crippen LogP contribution in [0.4, 0.5) is 16.2 Å². The predicted molar refractivity (Wildman–Crippen MR) is 128 cm³/mol. The molecule has 0 atom stereocenters. The first-order valence-corrected chi connectivity index (χ1v) is 11.2. The molecule has 35 heavy (non-hydrogen) atoms. The average Bonchev–Trinajstić information content (AvgIpc) is 3.52. The number of hydrogen-bond donors (Lipinski definition) is 0. The third-order valence-electron chi connectivity index (χ3n) is 5.95. The molecule has 5 aromatic rings. The van der Waals surface area contributed by atoms with Crippen LogP contribution in [0.25, 0.3) is 16.6 Å². The van der Waals surface area contributed by atoms with Crippen molar-refractivity contribution in [2.45, 2.75) is 0 Å². The van der Waals surface area contributed by atoms with Crippen LogP contribution in [-0.4, -0.2) is 60.5 Å². The van der Waals surface area contributed by atoms with Gasteiger partial charge in [-0.2, -0.15) is 10.2 Å². The number of ether oxygens (including phenoxy) is 1. The second-order valence-electron chi connectivity index (χ2n) is 8.29. The molecule has 5 heterocycles. The molecular weight excluding hydrogens is 449 g/mol. The molecule has 1 saturated heterocycles. The van der Waals surface area contributed by atoms with Crippen molar-refractivity contribution in [3.8, 4) is 22.6 Å². The molecule has 0 spiro atoms. The molecule has 0 unspecified atom stereocenters. The van der Waals surface area contributed by atoms with Gasteiger partial charge in [0.2, 0.25) is 5.95 Å². The van der Waals surface area contributed by atoms with Crippen molar-refractivity contribution >= 4 is 17.3 Å². The third-order valence-corrected chi connectivity index (χ3v) is 5.95. The summed E-state index contributed by atoms with van der Waals surface area (Å²) < 4.78 is 22.4. The Labute approximate surface area is 200 Å². The number of hydrogen-bond acceptors (Lipinski definition) is 8. The molecule has 1 aliphatic heterocycles. The van der Waals surface area contributed by atoms with Crippen molar-refractivity contribution < 1.29 is 9.13 Å². The van der Waals surface area contributed by atoms with Gasteiger partial charge in [-0.1, -0.05) is 0 Å². The highest BCUT2D eigenvalue weighted by Gasteiger charge is 2.22. The standard InChI is InChI=1S/C24H22FN9O/c1-31-14-18(11-29-31)17-10-22-23(28-16-30-34(22)15-17)32-6-8-33(9-7-32)24-26-12-21(13-27-24)35-20-4-2-19(25)3-5-20/h2-5,10-16H,6-9H2,1H3. The van der Waals surface area contributed by atoms with Crippen LogP contribution in [0, 0.1) is 5.82 Å². The zero-order chi connectivity index (χ0) is 23.8. The Bertz CT molecular complexity index is 1450. The number of fused-ring (bicyclic) bond motifs is 1. The third kappa shape index (κ3) is 4.23. The molecule has 1 aromatic carbocycles. The van der Waals surface area contributed by atoms with Crippen LogP contribution < -0.4 is 14.5 Å². The number of rotatable bonds is 5. The first-order chi connectivity index (χ1) is 17.1. The van der Waals surface area contributed by atoms with E-state index in [0.29, 0.717) is 17.4 Å². The normalized spacial score (nSPS) is 14.0. The first kappa shape index (κ1) is 21.0. The fourth-order valence-electron chi connectivity index (χ4n) is 4.17. The fraction of sp³-hybridized carbons (Fsp3) is 0.208. The number of piperazine rings is 1. The van der Waals surface area contributed by atoms with Crippen molar-refractivity contribution in [1.82, 2.24) is 34.3 Å². The van der Waals surface area contributed by atoms with Gasteiger partial charge in [0.15, 0.2) is 11.6 Å². The molecule has 11 heteroatoms. The lowest BCUT2D eigenvalue weighted by molar-refractivity contribution is 0.475. The zero-order valence-electron chi connectivity index (χ0n) is 19.0. The summed E-state index contributed by atoms with van der Waals surface area (Å²) in [6.07, 6.45) is 10.7. The Morgan fingerprint density at radius 1 is 0.800 bits per heavy atom. The van der Waals surface area contributed by atoms with E-state index in [1.165, 1.54) is 12.1 Å². The van der Waals surface area contributed by atoms with Gasteiger partial charge in [-0.25, -0.2) is 23.9 Å². The van der Waals surface area contributed by atoms with Crippen LogP contribution in [0.5, 0.6) is 11.5 Å². The summed E-state index contributed by atoms with van der Waals surface area (Å²) in [5, 5.41) is 8.65. The quantitative estimate of drug-likeness (QED) is 0.386. The van der Waals surface area contributed by atoms with E-state index in [9.17, 15) is 4.39 Å². The molecule has 10 nitrogen and oxygen atoms in total. The van der Waals surface area contributed by atoms with Crippen molar-refractivity contribution in [2.75, 3.05) is 36.0 Å². The number of aryl methyl sites for hydroxylation is 1. The van der Waals surface area contributed by atoms with Crippen LogP contribution in [0.15, 0.2) is 67.6 Å². The van der Waals surface area contributed by atoms with Gasteiger partial charge in [0.05, 0.1) is 18.6 Å². The minimum absolute atomic E-state index is 0.309. The molecule has 0 bridgehead atoms. The van der Waals surface area contributed by atoms with E-state index in [1.807, 2.05) is 30.2 Å². The maximum Gasteiger partial charge on any atom is 0.225 e. The summed E-state index contributed by atoms with van der Waals surface area (Å²) >= 11 is 0. The van der Waals surface area contributed by atoms with Crippen LogP contribution in [0.3, 0.4) is 0 Å². The minimum atomic E-state index is -0.309. The van der Waals surface area contributed by atoms with Crippen LogP contribution >= 0.6 is 0 Å². The number of halogens is 1. The van der Waals surface area contributed by atoms with Gasteiger partial charge in [0, 0.05) is 56.7 Å². The smallest absolute Gasteiger partial charge is 0.225 e. The Hall–Kier alpha value is -4.54. The first-order valence-electron chi connectivity index (χ1n) is 11.2. The molecule has 176 valence electrons. The fourth-order valence-corrected chi connectivity index (χ4v) is 4.17. The summed E-state index contributed by atoms with van der Waals surface area (Å²) in [5.41, 5.74) is 3.05. The highest BCUT2D eigenvalue weighted by molar-refractivity contribution is 5.77.